The van der Waals surface area contributed by atoms with Gasteiger partial charge in [0.2, 0.25) is 0 Å². The molecule has 0 N–H and O–H groups in total. The molecule has 0 bridgehead atoms. The summed E-state index contributed by atoms with van der Waals surface area (Å²) in [5.41, 5.74) is 0.810. The Morgan fingerprint density at radius 1 is 1.05 bits per heavy atom. The molecule has 0 amide bonds. The molecule has 0 aliphatic heterocycles. The van der Waals surface area contributed by atoms with Crippen molar-refractivity contribution < 1.29 is 14.6 Å². The average molecular weight is 296 g/mol. The van der Waals surface area contributed by atoms with E-state index in [1.807, 2.05) is 0 Å². The van der Waals surface area contributed by atoms with Gasteiger partial charge in [0.1, 0.15) is 12.4 Å². The topological polar surface area (TPSA) is 49.4 Å². The predicted molar refractivity (Wildman–Crippen MR) is 71.6 cm³/mol. The van der Waals surface area contributed by atoms with Crippen LogP contribution in [-0.2, 0) is 6.61 Å². The highest BCUT2D eigenvalue weighted by molar-refractivity contribution is 6.31. The molecule has 3 nitrogen and oxygen atoms in total. The van der Waals surface area contributed by atoms with Crippen LogP contribution in [0.5, 0.6) is 5.75 Å². The van der Waals surface area contributed by atoms with Crippen molar-refractivity contribution in [1.82, 2.24) is 0 Å². The zero-order valence-electron chi connectivity index (χ0n) is 9.73. The van der Waals surface area contributed by atoms with Gasteiger partial charge in [-0.1, -0.05) is 35.3 Å². The molecule has 0 saturated carbocycles. The van der Waals surface area contributed by atoms with Gasteiger partial charge in [-0.2, -0.15) is 0 Å². The lowest BCUT2D eigenvalue weighted by Crippen LogP contribution is -2.23. The molecule has 0 aliphatic carbocycles. The van der Waals surface area contributed by atoms with E-state index in [-0.39, 0.29) is 17.9 Å². The zero-order chi connectivity index (χ0) is 13.8. The number of ether oxygens (including phenoxy) is 1. The summed E-state index contributed by atoms with van der Waals surface area (Å²) in [4.78, 5) is 11.0. The van der Waals surface area contributed by atoms with Crippen molar-refractivity contribution in [3.8, 4) is 5.75 Å². The Morgan fingerprint density at radius 2 is 1.68 bits per heavy atom. The van der Waals surface area contributed by atoms with Crippen LogP contribution in [0.1, 0.15) is 15.9 Å². The SMILES string of the molecule is O=C([O-])c1cc(Cl)ccc1OCc1ccc(Cl)cc1. The fourth-order valence-electron chi connectivity index (χ4n) is 1.53. The summed E-state index contributed by atoms with van der Waals surface area (Å²) in [6, 6.07) is 11.4. The standard InChI is InChI=1S/C14H10Cl2O3/c15-10-3-1-9(2-4-10)8-19-13-6-5-11(16)7-12(13)14(17)18/h1-7H,8H2,(H,17,18)/p-1. The summed E-state index contributed by atoms with van der Waals surface area (Å²) in [5, 5.41) is 11.9. The van der Waals surface area contributed by atoms with Gasteiger partial charge >= 0.3 is 0 Å². The number of aromatic carboxylic acids is 1. The molecule has 0 heterocycles. The normalized spacial score (nSPS) is 10.2. The maximum absolute atomic E-state index is 11.0. The number of carboxylic acid groups (broad SMARTS) is 1. The Balaban J connectivity index is 2.15. The van der Waals surface area contributed by atoms with E-state index in [9.17, 15) is 9.90 Å². The van der Waals surface area contributed by atoms with Crippen LogP contribution in [-0.4, -0.2) is 5.97 Å². The Bertz CT molecular complexity index is 594. The van der Waals surface area contributed by atoms with Crippen LogP contribution >= 0.6 is 23.2 Å². The van der Waals surface area contributed by atoms with E-state index in [4.69, 9.17) is 27.9 Å². The zero-order valence-corrected chi connectivity index (χ0v) is 11.2. The van der Waals surface area contributed by atoms with Crippen molar-refractivity contribution in [3.05, 3.63) is 63.6 Å². The number of benzene rings is 2. The van der Waals surface area contributed by atoms with Crippen molar-refractivity contribution in [2.75, 3.05) is 0 Å². The first-order valence-corrected chi connectivity index (χ1v) is 6.20. The summed E-state index contributed by atoms with van der Waals surface area (Å²) >= 11 is 11.5. The number of halogens is 2. The van der Waals surface area contributed by atoms with E-state index < -0.39 is 5.97 Å². The minimum absolute atomic E-state index is 0.0681. The van der Waals surface area contributed by atoms with Gasteiger partial charge in [0.05, 0.1) is 5.97 Å². The lowest BCUT2D eigenvalue weighted by molar-refractivity contribution is -0.255. The Kier molecular flexibility index (Phi) is 4.30. The van der Waals surface area contributed by atoms with Gasteiger partial charge in [-0.25, -0.2) is 0 Å². The van der Waals surface area contributed by atoms with Crippen molar-refractivity contribution in [1.29, 1.82) is 0 Å². The Labute approximate surface area is 120 Å². The first kappa shape index (κ1) is 13.7. The maximum Gasteiger partial charge on any atom is 0.128 e. The van der Waals surface area contributed by atoms with Crippen LogP contribution < -0.4 is 9.84 Å². The second-order valence-electron chi connectivity index (χ2n) is 3.84. The van der Waals surface area contributed by atoms with Crippen LogP contribution in [0.3, 0.4) is 0 Å². The number of hydrogen-bond donors (Lipinski definition) is 0. The summed E-state index contributed by atoms with van der Waals surface area (Å²) in [6.07, 6.45) is 0. The largest absolute Gasteiger partial charge is 0.545 e. The average Bonchev–Trinajstić information content (AvgIpc) is 2.39. The molecule has 0 fully saturated rings. The van der Waals surface area contributed by atoms with E-state index in [2.05, 4.69) is 0 Å². The van der Waals surface area contributed by atoms with Gasteiger partial charge in [0, 0.05) is 15.6 Å². The van der Waals surface area contributed by atoms with Crippen molar-refractivity contribution in [2.45, 2.75) is 6.61 Å². The van der Waals surface area contributed by atoms with Crippen molar-refractivity contribution >= 4 is 29.2 Å². The molecule has 2 aromatic rings. The molecule has 2 rings (SSSR count). The maximum atomic E-state index is 11.0. The molecule has 0 radical (unpaired) electrons. The first-order chi connectivity index (χ1) is 9.06. The number of hydrogen-bond acceptors (Lipinski definition) is 3. The highest BCUT2D eigenvalue weighted by atomic mass is 35.5. The minimum Gasteiger partial charge on any atom is -0.545 e. The number of carbonyl (C=O) groups excluding carboxylic acids is 1. The van der Waals surface area contributed by atoms with Crippen molar-refractivity contribution in [3.63, 3.8) is 0 Å². The molecular weight excluding hydrogens is 287 g/mol. The summed E-state index contributed by atoms with van der Waals surface area (Å²) < 4.78 is 5.46. The van der Waals surface area contributed by atoms with E-state index in [0.29, 0.717) is 10.0 Å². The fourth-order valence-corrected chi connectivity index (χ4v) is 1.83. The van der Waals surface area contributed by atoms with Crippen LogP contribution in [0.25, 0.3) is 0 Å². The highest BCUT2D eigenvalue weighted by Crippen LogP contribution is 2.23. The number of carboxylic acids is 1. The summed E-state index contributed by atoms with van der Waals surface area (Å²) in [6.45, 7) is 0.235. The Hall–Kier alpha value is -1.71. The molecular formula is C14H9Cl2O3-. The summed E-state index contributed by atoms with van der Waals surface area (Å²) in [7, 11) is 0. The quantitative estimate of drug-likeness (QED) is 0.871. The van der Waals surface area contributed by atoms with Crippen molar-refractivity contribution in [2.24, 2.45) is 0 Å². The van der Waals surface area contributed by atoms with E-state index in [1.165, 1.54) is 12.1 Å². The first-order valence-electron chi connectivity index (χ1n) is 5.44. The lowest BCUT2D eigenvalue weighted by Gasteiger charge is -2.12. The molecule has 0 atom stereocenters. The van der Waals surface area contributed by atoms with E-state index >= 15 is 0 Å². The molecule has 0 saturated heterocycles. The van der Waals surface area contributed by atoms with Crippen LogP contribution in [0.15, 0.2) is 42.5 Å². The minimum atomic E-state index is -1.33. The van der Waals surface area contributed by atoms with Crippen LogP contribution in [0.2, 0.25) is 10.0 Å². The van der Waals surface area contributed by atoms with E-state index in [1.54, 1.807) is 30.3 Å². The second-order valence-corrected chi connectivity index (χ2v) is 4.72. The molecule has 0 spiro atoms. The molecule has 0 aromatic heterocycles. The third kappa shape index (κ3) is 3.63. The van der Waals surface area contributed by atoms with E-state index in [0.717, 1.165) is 5.56 Å². The van der Waals surface area contributed by atoms with Gasteiger partial charge in [0.15, 0.2) is 0 Å². The molecule has 98 valence electrons. The fraction of sp³-hybridized carbons (Fsp3) is 0.0714. The third-order valence-corrected chi connectivity index (χ3v) is 2.96. The summed E-state index contributed by atoms with van der Waals surface area (Å²) in [5.74, 6) is -1.10. The van der Waals surface area contributed by atoms with Gasteiger partial charge in [-0.15, -0.1) is 0 Å². The van der Waals surface area contributed by atoms with Gasteiger partial charge in [-0.3, -0.25) is 0 Å². The molecule has 2 aromatic carbocycles. The lowest BCUT2D eigenvalue weighted by atomic mass is 10.2. The molecule has 5 heteroatoms. The van der Waals surface area contributed by atoms with Crippen LogP contribution in [0, 0.1) is 0 Å². The second kappa shape index (κ2) is 5.95. The van der Waals surface area contributed by atoms with Crippen LogP contribution in [0.4, 0.5) is 0 Å². The Morgan fingerprint density at radius 3 is 2.32 bits per heavy atom. The van der Waals surface area contributed by atoms with Gasteiger partial charge in [0.25, 0.3) is 0 Å². The number of carbonyl (C=O) groups is 1. The highest BCUT2D eigenvalue weighted by Gasteiger charge is 2.06. The molecule has 0 unspecified atom stereocenters. The molecule has 0 aliphatic rings. The molecule has 19 heavy (non-hydrogen) atoms. The van der Waals surface area contributed by atoms with Gasteiger partial charge < -0.3 is 14.6 Å². The number of rotatable bonds is 4. The monoisotopic (exact) mass is 295 g/mol. The third-order valence-electron chi connectivity index (χ3n) is 2.47. The van der Waals surface area contributed by atoms with Gasteiger partial charge in [-0.05, 0) is 35.9 Å². The smallest absolute Gasteiger partial charge is 0.128 e. The predicted octanol–water partition coefficient (Wildman–Crippen LogP) is 2.94.